The second kappa shape index (κ2) is 9.14. The summed E-state index contributed by atoms with van der Waals surface area (Å²) in [6.07, 6.45) is 6.12. The zero-order valence-electron chi connectivity index (χ0n) is 19.6. The largest absolute Gasteiger partial charge is 0.369 e. The molecule has 2 aromatic rings. The summed E-state index contributed by atoms with van der Waals surface area (Å²) in [6, 6.07) is 6.64. The maximum Gasteiger partial charge on any atom is 0.251 e. The molecular formula is C26H34BrN3O2. The maximum absolute atomic E-state index is 14.0. The molecule has 2 aliphatic rings. The number of benzene rings is 1. The highest BCUT2D eigenvalue weighted by Crippen LogP contribution is 2.37. The highest BCUT2D eigenvalue weighted by atomic mass is 79.9. The number of carbonyl (C=O) groups is 1. The first-order valence-corrected chi connectivity index (χ1v) is 12.6. The number of rotatable bonds is 7. The van der Waals surface area contributed by atoms with Gasteiger partial charge in [-0.2, -0.15) is 0 Å². The van der Waals surface area contributed by atoms with Crippen LogP contribution in [-0.2, 0) is 6.42 Å². The van der Waals surface area contributed by atoms with Crippen LogP contribution >= 0.6 is 15.9 Å². The second-order valence-corrected chi connectivity index (χ2v) is 10.4. The molecule has 1 aliphatic heterocycles. The van der Waals surface area contributed by atoms with Crippen LogP contribution in [0.3, 0.4) is 0 Å². The Balaban J connectivity index is 1.72. The summed E-state index contributed by atoms with van der Waals surface area (Å²) in [7, 11) is 0. The van der Waals surface area contributed by atoms with E-state index in [2.05, 4.69) is 51.0 Å². The molecule has 2 N–H and O–H groups in total. The lowest BCUT2D eigenvalue weighted by atomic mass is 9.74. The Bertz CT molecular complexity index is 1080. The van der Waals surface area contributed by atoms with Crippen molar-refractivity contribution in [2.24, 2.45) is 0 Å². The summed E-state index contributed by atoms with van der Waals surface area (Å²) in [4.78, 5) is 32.0. The Morgan fingerprint density at radius 2 is 1.88 bits per heavy atom. The Kier molecular flexibility index (Phi) is 6.64. The molecule has 0 spiro atoms. The van der Waals surface area contributed by atoms with Crippen LogP contribution in [0.5, 0.6) is 0 Å². The van der Waals surface area contributed by atoms with Crippen LogP contribution in [0.2, 0.25) is 0 Å². The summed E-state index contributed by atoms with van der Waals surface area (Å²) in [6.45, 7) is 9.83. The lowest BCUT2D eigenvalue weighted by Crippen LogP contribution is -2.64. The topological polar surface area (TPSA) is 65.2 Å². The van der Waals surface area contributed by atoms with E-state index in [1.807, 2.05) is 26.0 Å². The number of aromatic nitrogens is 1. The van der Waals surface area contributed by atoms with Crippen molar-refractivity contribution in [3.63, 3.8) is 0 Å². The first-order chi connectivity index (χ1) is 15.3. The van der Waals surface area contributed by atoms with E-state index in [1.165, 1.54) is 25.7 Å². The summed E-state index contributed by atoms with van der Waals surface area (Å²) < 4.78 is 0.928. The molecule has 4 rings (SSSR count). The van der Waals surface area contributed by atoms with Gasteiger partial charge < -0.3 is 15.2 Å². The molecule has 0 radical (unpaired) electrons. The molecule has 5 nitrogen and oxygen atoms in total. The van der Waals surface area contributed by atoms with Crippen molar-refractivity contribution < 1.29 is 4.79 Å². The zero-order valence-corrected chi connectivity index (χ0v) is 21.2. The van der Waals surface area contributed by atoms with Gasteiger partial charge in [-0.1, -0.05) is 28.8 Å². The van der Waals surface area contributed by atoms with E-state index in [0.29, 0.717) is 18.0 Å². The van der Waals surface area contributed by atoms with Crippen LogP contribution in [0, 0.1) is 20.8 Å². The van der Waals surface area contributed by atoms with Gasteiger partial charge in [0.25, 0.3) is 5.56 Å². The first-order valence-electron chi connectivity index (χ1n) is 11.8. The van der Waals surface area contributed by atoms with E-state index in [1.54, 1.807) is 0 Å². The molecule has 1 saturated carbocycles. The standard InChI is InChI=1S/C26H34BrN3O2/c1-5-30(20-8-6-7-9-20)23-14-19(27)13-21(18(23)4)24(31)26(10-11-28-26)15-22-16(2)12-17(3)29-25(22)32/h12-14,20,28H,5-11,15H2,1-4H3,(H,29,32). The Labute approximate surface area is 199 Å². The van der Waals surface area contributed by atoms with Crippen LogP contribution in [-0.4, -0.2) is 35.4 Å². The predicted octanol–water partition coefficient (Wildman–Crippen LogP) is 4.99. The van der Waals surface area contributed by atoms with Gasteiger partial charge in [0, 0.05) is 46.0 Å². The van der Waals surface area contributed by atoms with Crippen molar-refractivity contribution in [1.29, 1.82) is 0 Å². The van der Waals surface area contributed by atoms with Crippen molar-refractivity contribution in [3.05, 3.63) is 61.0 Å². The van der Waals surface area contributed by atoms with Gasteiger partial charge in [-0.15, -0.1) is 0 Å². The van der Waals surface area contributed by atoms with Gasteiger partial charge in [0.05, 0.1) is 5.54 Å². The van der Waals surface area contributed by atoms with Gasteiger partial charge in [-0.25, -0.2) is 0 Å². The molecule has 1 atom stereocenters. The average molecular weight is 500 g/mol. The molecular weight excluding hydrogens is 466 g/mol. The van der Waals surface area contributed by atoms with E-state index in [-0.39, 0.29) is 11.3 Å². The van der Waals surface area contributed by atoms with Gasteiger partial charge in [0.1, 0.15) is 0 Å². The normalized spacial score (nSPS) is 20.9. The first kappa shape index (κ1) is 23.2. The summed E-state index contributed by atoms with van der Waals surface area (Å²) >= 11 is 3.67. The average Bonchev–Trinajstić information content (AvgIpc) is 3.23. The van der Waals surface area contributed by atoms with Gasteiger partial charge in [0.15, 0.2) is 5.78 Å². The minimum absolute atomic E-state index is 0.0886. The third-order valence-corrected chi connectivity index (χ3v) is 7.89. The van der Waals surface area contributed by atoms with E-state index in [4.69, 9.17) is 0 Å². The number of hydrogen-bond donors (Lipinski definition) is 2. The molecule has 172 valence electrons. The minimum Gasteiger partial charge on any atom is -0.369 e. The number of hydrogen-bond acceptors (Lipinski definition) is 4. The van der Waals surface area contributed by atoms with Crippen molar-refractivity contribution in [2.75, 3.05) is 18.0 Å². The lowest BCUT2D eigenvalue weighted by Gasteiger charge is -2.43. The third kappa shape index (κ3) is 4.19. The fourth-order valence-electron chi connectivity index (χ4n) is 5.55. The molecule has 0 bridgehead atoms. The van der Waals surface area contributed by atoms with Crippen molar-refractivity contribution in [1.82, 2.24) is 10.3 Å². The number of pyridine rings is 1. The van der Waals surface area contributed by atoms with E-state index in [0.717, 1.165) is 52.1 Å². The van der Waals surface area contributed by atoms with Crippen LogP contribution in [0.4, 0.5) is 5.69 Å². The van der Waals surface area contributed by atoms with Crippen molar-refractivity contribution in [2.45, 2.75) is 77.8 Å². The van der Waals surface area contributed by atoms with Crippen LogP contribution in [0.15, 0.2) is 27.5 Å². The number of H-pyrrole nitrogens is 1. The van der Waals surface area contributed by atoms with Gasteiger partial charge in [0.2, 0.25) is 0 Å². The summed E-state index contributed by atoms with van der Waals surface area (Å²) in [5.41, 5.74) is 4.61. The van der Waals surface area contributed by atoms with Crippen LogP contribution < -0.4 is 15.8 Å². The smallest absolute Gasteiger partial charge is 0.251 e. The highest BCUT2D eigenvalue weighted by molar-refractivity contribution is 9.10. The third-order valence-electron chi connectivity index (χ3n) is 7.43. The van der Waals surface area contributed by atoms with Crippen LogP contribution in [0.1, 0.15) is 71.8 Å². The summed E-state index contributed by atoms with van der Waals surface area (Å²) in [5, 5.41) is 3.41. The molecule has 32 heavy (non-hydrogen) atoms. The number of Topliss-reactive ketones (excluding diaryl/α,β-unsaturated/α-hetero) is 1. The van der Waals surface area contributed by atoms with E-state index >= 15 is 0 Å². The van der Waals surface area contributed by atoms with Gasteiger partial charge in [-0.3, -0.25) is 9.59 Å². The number of aryl methyl sites for hydroxylation is 2. The SMILES string of the molecule is CCN(c1cc(Br)cc(C(=O)C2(Cc3c(C)cc(C)[nH]c3=O)CCN2)c1C)C1CCCC1. The van der Waals surface area contributed by atoms with E-state index in [9.17, 15) is 9.59 Å². The number of aromatic amines is 1. The Hall–Kier alpha value is -1.92. The molecule has 1 unspecified atom stereocenters. The van der Waals surface area contributed by atoms with E-state index < -0.39 is 5.54 Å². The maximum atomic E-state index is 14.0. The molecule has 1 aromatic carbocycles. The number of carbonyl (C=O) groups excluding carboxylic acids is 1. The number of nitrogens with zero attached hydrogens (tertiary/aromatic N) is 1. The fraction of sp³-hybridized carbons (Fsp3) is 0.538. The molecule has 6 heteroatoms. The molecule has 2 heterocycles. The van der Waals surface area contributed by atoms with Crippen LogP contribution in [0.25, 0.3) is 0 Å². The lowest BCUT2D eigenvalue weighted by molar-refractivity contribution is 0.0752. The monoisotopic (exact) mass is 499 g/mol. The predicted molar refractivity (Wildman–Crippen MR) is 134 cm³/mol. The number of ketones is 1. The molecule has 1 aliphatic carbocycles. The van der Waals surface area contributed by atoms with Crippen molar-refractivity contribution >= 4 is 27.4 Å². The molecule has 1 aromatic heterocycles. The highest BCUT2D eigenvalue weighted by Gasteiger charge is 2.45. The summed E-state index contributed by atoms with van der Waals surface area (Å²) in [5.74, 6) is 0.0886. The minimum atomic E-state index is -0.722. The Morgan fingerprint density at radius 3 is 2.44 bits per heavy atom. The van der Waals surface area contributed by atoms with Gasteiger partial charge in [-0.05, 0) is 82.8 Å². The van der Waals surface area contributed by atoms with Crippen molar-refractivity contribution in [3.8, 4) is 0 Å². The second-order valence-electron chi connectivity index (χ2n) is 9.53. The molecule has 0 amide bonds. The number of halogens is 1. The fourth-order valence-corrected chi connectivity index (χ4v) is 6.00. The number of nitrogens with one attached hydrogen (secondary N) is 2. The Morgan fingerprint density at radius 1 is 1.19 bits per heavy atom. The number of anilines is 1. The zero-order chi connectivity index (χ0) is 23.0. The molecule has 1 saturated heterocycles. The quantitative estimate of drug-likeness (QED) is 0.526. The molecule has 2 fully saturated rings. The van der Waals surface area contributed by atoms with Gasteiger partial charge >= 0.3 is 0 Å².